The molecule has 1 aromatic heterocycles. The van der Waals surface area contributed by atoms with Crippen LogP contribution >= 0.6 is 0 Å². The molecule has 1 amide bonds. The minimum Gasteiger partial charge on any atom is -0.493 e. The summed E-state index contributed by atoms with van der Waals surface area (Å²) in [5.41, 5.74) is 5.79. The minimum atomic E-state index is -0.0946. The van der Waals surface area contributed by atoms with Crippen molar-refractivity contribution in [3.63, 3.8) is 0 Å². The van der Waals surface area contributed by atoms with E-state index < -0.39 is 0 Å². The summed E-state index contributed by atoms with van der Waals surface area (Å²) < 4.78 is 11.4. The van der Waals surface area contributed by atoms with E-state index >= 15 is 0 Å². The first kappa shape index (κ1) is 23.3. The number of pyridine rings is 1. The van der Waals surface area contributed by atoms with Crippen LogP contribution in [0, 0.1) is 0 Å². The Hall–Kier alpha value is -3.48. The van der Waals surface area contributed by atoms with Gasteiger partial charge in [-0.25, -0.2) is 0 Å². The molecule has 3 heterocycles. The van der Waals surface area contributed by atoms with E-state index in [9.17, 15) is 4.79 Å². The molecule has 1 fully saturated rings. The number of carbonyl (C=O) groups excluding carboxylic acids is 1. The second-order valence-electron chi connectivity index (χ2n) is 9.17. The highest BCUT2D eigenvalue weighted by molar-refractivity contribution is 6.07. The van der Waals surface area contributed by atoms with E-state index in [1.807, 2.05) is 42.5 Å². The number of ether oxygens (including phenoxy) is 2. The predicted molar refractivity (Wildman–Crippen MR) is 138 cm³/mol. The molecule has 5 rings (SSSR count). The van der Waals surface area contributed by atoms with E-state index in [0.29, 0.717) is 24.6 Å². The summed E-state index contributed by atoms with van der Waals surface area (Å²) in [7, 11) is 2.17. The fourth-order valence-electron chi connectivity index (χ4n) is 4.67. The third-order valence-electron chi connectivity index (χ3n) is 6.73. The van der Waals surface area contributed by atoms with E-state index in [1.54, 1.807) is 12.4 Å². The third-order valence-corrected chi connectivity index (χ3v) is 6.73. The van der Waals surface area contributed by atoms with Crippen LogP contribution in [-0.2, 0) is 16.1 Å². The summed E-state index contributed by atoms with van der Waals surface area (Å²) in [6.07, 6.45) is 8.22. The molecule has 0 atom stereocenters. The van der Waals surface area contributed by atoms with Crippen LogP contribution in [-0.4, -0.2) is 48.7 Å². The van der Waals surface area contributed by atoms with Crippen LogP contribution < -0.4 is 10.1 Å². The van der Waals surface area contributed by atoms with Gasteiger partial charge in [0.2, 0.25) is 0 Å². The van der Waals surface area contributed by atoms with Crippen molar-refractivity contribution >= 4 is 17.7 Å². The molecule has 2 aromatic carbocycles. The molecule has 1 N–H and O–H groups in total. The van der Waals surface area contributed by atoms with Gasteiger partial charge in [0.25, 0.3) is 5.91 Å². The largest absolute Gasteiger partial charge is 0.493 e. The predicted octanol–water partition coefficient (Wildman–Crippen LogP) is 5.16. The van der Waals surface area contributed by atoms with Crippen molar-refractivity contribution in [1.29, 1.82) is 0 Å². The molecular weight excluding hydrogens is 438 g/mol. The lowest BCUT2D eigenvalue weighted by molar-refractivity contribution is -0.113. The Kier molecular flexibility index (Phi) is 7.21. The Morgan fingerprint density at radius 2 is 1.77 bits per heavy atom. The highest BCUT2D eigenvalue weighted by Crippen LogP contribution is 2.31. The molecular formula is C29H31N3O3. The van der Waals surface area contributed by atoms with Crippen molar-refractivity contribution < 1.29 is 14.3 Å². The molecule has 0 aliphatic carbocycles. The lowest BCUT2D eigenvalue weighted by atomic mass is 10.0. The molecule has 2 aliphatic heterocycles. The molecule has 6 nitrogen and oxygen atoms in total. The van der Waals surface area contributed by atoms with Gasteiger partial charge in [-0.3, -0.25) is 14.7 Å². The van der Waals surface area contributed by atoms with Gasteiger partial charge in [0.05, 0.1) is 6.61 Å². The average molecular weight is 470 g/mol. The maximum absolute atomic E-state index is 13.1. The van der Waals surface area contributed by atoms with Gasteiger partial charge in [0, 0.05) is 61.4 Å². The maximum Gasteiger partial charge on any atom is 0.251 e. The highest BCUT2D eigenvalue weighted by Gasteiger charge is 2.19. The van der Waals surface area contributed by atoms with Crippen LogP contribution in [0.3, 0.4) is 0 Å². The second-order valence-corrected chi connectivity index (χ2v) is 9.17. The number of fused-ring (bicyclic) bond motifs is 1. The van der Waals surface area contributed by atoms with E-state index in [2.05, 4.69) is 40.4 Å². The summed E-state index contributed by atoms with van der Waals surface area (Å²) >= 11 is 0. The van der Waals surface area contributed by atoms with Crippen LogP contribution in [0.15, 0.2) is 72.6 Å². The second kappa shape index (κ2) is 10.8. The van der Waals surface area contributed by atoms with E-state index in [-0.39, 0.29) is 5.91 Å². The zero-order chi connectivity index (χ0) is 24.0. The molecule has 0 radical (unpaired) electrons. The monoisotopic (exact) mass is 469 g/mol. The number of carbonyl (C=O) groups is 1. The van der Waals surface area contributed by atoms with Crippen molar-refractivity contribution in [2.75, 3.05) is 32.2 Å². The minimum absolute atomic E-state index is 0.0946. The number of anilines is 1. The Morgan fingerprint density at radius 3 is 2.54 bits per heavy atom. The highest BCUT2D eigenvalue weighted by atomic mass is 16.5. The summed E-state index contributed by atoms with van der Waals surface area (Å²) in [4.78, 5) is 19.6. The molecule has 0 bridgehead atoms. The summed E-state index contributed by atoms with van der Waals surface area (Å²) in [6, 6.07) is 18.7. The van der Waals surface area contributed by atoms with Crippen LogP contribution in [0.25, 0.3) is 17.2 Å². The molecule has 0 unspecified atom stereocenters. The number of nitrogens with zero attached hydrogens (tertiary/aromatic N) is 2. The van der Waals surface area contributed by atoms with Gasteiger partial charge in [-0.15, -0.1) is 0 Å². The zero-order valence-corrected chi connectivity index (χ0v) is 20.1. The standard InChI is InChI=1S/C29H31N3O3/c1-32(27-11-15-34-16-12-27)20-21-2-5-26(6-3-21)31-29(33)24-10-17-35-28-7-4-23(18-25(28)19-24)22-8-13-30-14-9-22/h2-9,13-14,18-19,27H,10-12,15-17,20H2,1H3,(H,31,33). The van der Waals surface area contributed by atoms with E-state index in [0.717, 1.165) is 60.7 Å². The maximum atomic E-state index is 13.1. The Morgan fingerprint density at radius 1 is 1.00 bits per heavy atom. The molecule has 180 valence electrons. The summed E-state index contributed by atoms with van der Waals surface area (Å²) in [5.74, 6) is 0.700. The van der Waals surface area contributed by atoms with Crippen molar-refractivity contribution in [3.05, 3.63) is 83.7 Å². The Bertz CT molecular complexity index is 1190. The lowest BCUT2D eigenvalue weighted by Crippen LogP contribution is -2.36. The van der Waals surface area contributed by atoms with Crippen molar-refractivity contribution in [3.8, 4) is 16.9 Å². The van der Waals surface area contributed by atoms with Gasteiger partial charge < -0.3 is 14.8 Å². The normalized spacial score (nSPS) is 16.1. The molecule has 35 heavy (non-hydrogen) atoms. The van der Waals surface area contributed by atoms with Crippen LogP contribution in [0.1, 0.15) is 30.4 Å². The quantitative estimate of drug-likeness (QED) is 0.540. The average Bonchev–Trinajstić information content (AvgIpc) is 3.13. The van der Waals surface area contributed by atoms with Crippen LogP contribution in [0.4, 0.5) is 5.69 Å². The molecule has 0 spiro atoms. The lowest BCUT2D eigenvalue weighted by Gasteiger charge is -2.31. The van der Waals surface area contributed by atoms with Gasteiger partial charge in [-0.2, -0.15) is 0 Å². The van der Waals surface area contributed by atoms with Crippen molar-refractivity contribution in [1.82, 2.24) is 9.88 Å². The molecule has 3 aromatic rings. The molecule has 6 heteroatoms. The Labute approximate surface area is 206 Å². The number of hydrogen-bond acceptors (Lipinski definition) is 5. The van der Waals surface area contributed by atoms with Crippen molar-refractivity contribution in [2.45, 2.75) is 31.8 Å². The third kappa shape index (κ3) is 5.78. The topological polar surface area (TPSA) is 63.7 Å². The number of hydrogen-bond donors (Lipinski definition) is 1. The Balaban J connectivity index is 1.26. The first-order valence-electron chi connectivity index (χ1n) is 12.2. The number of nitrogens with one attached hydrogen (secondary N) is 1. The number of aromatic nitrogens is 1. The van der Waals surface area contributed by atoms with Gasteiger partial charge >= 0.3 is 0 Å². The fourth-order valence-corrected chi connectivity index (χ4v) is 4.67. The molecule has 0 saturated carbocycles. The number of amides is 1. The van der Waals surface area contributed by atoms with Gasteiger partial charge in [-0.1, -0.05) is 18.2 Å². The number of rotatable bonds is 6. The molecule has 2 aliphatic rings. The van der Waals surface area contributed by atoms with Crippen LogP contribution in [0.5, 0.6) is 5.75 Å². The first-order chi connectivity index (χ1) is 17.2. The van der Waals surface area contributed by atoms with Gasteiger partial charge in [0.1, 0.15) is 5.75 Å². The molecule has 1 saturated heterocycles. The SMILES string of the molecule is CN(Cc1ccc(NC(=O)C2=Cc3cc(-c4ccncc4)ccc3OCC2)cc1)C1CCOCC1. The van der Waals surface area contributed by atoms with Gasteiger partial charge in [-0.05, 0) is 79.1 Å². The summed E-state index contributed by atoms with van der Waals surface area (Å²) in [6.45, 7) is 3.04. The van der Waals surface area contributed by atoms with Crippen LogP contribution in [0.2, 0.25) is 0 Å². The summed E-state index contributed by atoms with van der Waals surface area (Å²) in [5, 5.41) is 3.06. The zero-order valence-electron chi connectivity index (χ0n) is 20.1. The first-order valence-corrected chi connectivity index (χ1v) is 12.2. The smallest absolute Gasteiger partial charge is 0.251 e. The van der Waals surface area contributed by atoms with Crippen molar-refractivity contribution in [2.24, 2.45) is 0 Å². The number of benzene rings is 2. The fraction of sp³-hybridized carbons (Fsp3) is 0.310. The van der Waals surface area contributed by atoms with Gasteiger partial charge in [0.15, 0.2) is 0 Å². The van der Waals surface area contributed by atoms with E-state index in [4.69, 9.17) is 9.47 Å². The van der Waals surface area contributed by atoms with E-state index in [1.165, 1.54) is 5.56 Å².